The molecular formula is C8H10F2O2. The first-order valence-electron chi connectivity index (χ1n) is 4.13. The van der Waals surface area contributed by atoms with Crippen LogP contribution in [-0.2, 0) is 4.79 Å². The zero-order chi connectivity index (χ0) is 8.98. The van der Waals surface area contributed by atoms with Crippen molar-refractivity contribution < 1.29 is 18.7 Å². The monoisotopic (exact) mass is 176 g/mol. The molecule has 0 radical (unpaired) electrons. The van der Waals surface area contributed by atoms with Gasteiger partial charge in [-0.1, -0.05) is 12.8 Å². The van der Waals surface area contributed by atoms with E-state index in [1.165, 1.54) is 0 Å². The normalized spacial score (nSPS) is 35.3. The number of carboxylic acids is 1. The molecule has 2 aliphatic rings. The smallest absolute Gasteiger partial charge is 0.313 e. The van der Waals surface area contributed by atoms with Crippen molar-refractivity contribution in [3.05, 3.63) is 0 Å². The van der Waals surface area contributed by atoms with Crippen molar-refractivity contribution in [2.24, 2.45) is 11.3 Å². The van der Waals surface area contributed by atoms with E-state index in [-0.39, 0.29) is 0 Å². The number of aliphatic carboxylic acids is 1. The second-order valence-electron chi connectivity index (χ2n) is 3.76. The van der Waals surface area contributed by atoms with E-state index < -0.39 is 23.2 Å². The van der Waals surface area contributed by atoms with Gasteiger partial charge in [0.05, 0.1) is 5.41 Å². The maximum atomic E-state index is 13.0. The Bertz CT molecular complexity index is 231. The van der Waals surface area contributed by atoms with Crippen LogP contribution in [0.25, 0.3) is 0 Å². The molecule has 2 saturated carbocycles. The molecule has 0 aromatic carbocycles. The van der Waals surface area contributed by atoms with E-state index in [9.17, 15) is 13.6 Å². The van der Waals surface area contributed by atoms with Crippen LogP contribution in [0.15, 0.2) is 0 Å². The summed E-state index contributed by atoms with van der Waals surface area (Å²) in [5.74, 6) is -5.66. The average Bonchev–Trinajstić information content (AvgIpc) is 2.32. The Kier molecular flexibility index (Phi) is 1.31. The van der Waals surface area contributed by atoms with Gasteiger partial charge in [-0.25, -0.2) is 8.78 Å². The number of hydrogen-bond acceptors (Lipinski definition) is 1. The maximum absolute atomic E-state index is 13.0. The van der Waals surface area contributed by atoms with E-state index >= 15 is 0 Å². The summed E-state index contributed by atoms with van der Waals surface area (Å²) in [6, 6.07) is 0. The zero-order valence-electron chi connectivity index (χ0n) is 6.52. The Morgan fingerprint density at radius 1 is 1.33 bits per heavy atom. The highest BCUT2D eigenvalue weighted by molar-refractivity contribution is 5.77. The quantitative estimate of drug-likeness (QED) is 0.662. The molecule has 0 aromatic rings. The van der Waals surface area contributed by atoms with Gasteiger partial charge >= 0.3 is 5.97 Å². The van der Waals surface area contributed by atoms with Crippen LogP contribution in [0.1, 0.15) is 25.7 Å². The van der Waals surface area contributed by atoms with E-state index in [1.807, 2.05) is 0 Å². The first kappa shape index (κ1) is 7.95. The molecule has 68 valence electrons. The molecule has 0 heterocycles. The third-order valence-corrected chi connectivity index (χ3v) is 3.24. The van der Waals surface area contributed by atoms with Gasteiger partial charge in [-0.2, -0.15) is 0 Å². The Balaban J connectivity index is 2.24. The predicted octanol–water partition coefficient (Wildman–Crippen LogP) is 1.90. The molecule has 2 aliphatic carbocycles. The summed E-state index contributed by atoms with van der Waals surface area (Å²) >= 11 is 0. The van der Waals surface area contributed by atoms with Crippen molar-refractivity contribution in [1.29, 1.82) is 0 Å². The van der Waals surface area contributed by atoms with Gasteiger partial charge in [-0.3, -0.25) is 4.79 Å². The Morgan fingerprint density at radius 3 is 2.17 bits per heavy atom. The van der Waals surface area contributed by atoms with E-state index in [0.29, 0.717) is 12.8 Å². The van der Waals surface area contributed by atoms with Gasteiger partial charge in [0.15, 0.2) is 0 Å². The molecule has 1 unspecified atom stereocenters. The highest BCUT2D eigenvalue weighted by Gasteiger charge is 2.83. The lowest BCUT2D eigenvalue weighted by Gasteiger charge is -2.03. The maximum Gasteiger partial charge on any atom is 0.313 e. The molecule has 2 nitrogen and oxygen atoms in total. The van der Waals surface area contributed by atoms with Crippen molar-refractivity contribution >= 4 is 5.97 Å². The molecule has 0 aromatic heterocycles. The third kappa shape index (κ3) is 0.660. The van der Waals surface area contributed by atoms with Crippen LogP contribution in [-0.4, -0.2) is 17.0 Å². The molecule has 1 spiro atoms. The van der Waals surface area contributed by atoms with Crippen LogP contribution in [0.5, 0.6) is 0 Å². The first-order chi connectivity index (χ1) is 5.52. The minimum absolute atomic E-state index is 0.386. The van der Waals surface area contributed by atoms with Crippen LogP contribution in [0, 0.1) is 11.3 Å². The van der Waals surface area contributed by atoms with Crippen LogP contribution in [0.2, 0.25) is 0 Å². The van der Waals surface area contributed by atoms with Gasteiger partial charge in [0.25, 0.3) is 5.92 Å². The molecule has 1 atom stereocenters. The van der Waals surface area contributed by atoms with Crippen molar-refractivity contribution in [2.75, 3.05) is 0 Å². The summed E-state index contributed by atoms with van der Waals surface area (Å²) in [5, 5.41) is 8.53. The van der Waals surface area contributed by atoms with Gasteiger partial charge in [0.2, 0.25) is 0 Å². The lowest BCUT2D eigenvalue weighted by Crippen LogP contribution is -2.06. The van der Waals surface area contributed by atoms with E-state index in [4.69, 9.17) is 5.11 Å². The van der Waals surface area contributed by atoms with Crippen molar-refractivity contribution in [2.45, 2.75) is 31.6 Å². The predicted molar refractivity (Wildman–Crippen MR) is 37.0 cm³/mol. The topological polar surface area (TPSA) is 37.3 Å². The highest BCUT2D eigenvalue weighted by atomic mass is 19.3. The van der Waals surface area contributed by atoms with Gasteiger partial charge in [0.1, 0.15) is 5.92 Å². The summed E-state index contributed by atoms with van der Waals surface area (Å²) in [6.45, 7) is 0. The van der Waals surface area contributed by atoms with Gasteiger partial charge in [0, 0.05) is 0 Å². The van der Waals surface area contributed by atoms with Gasteiger partial charge in [-0.05, 0) is 12.8 Å². The second-order valence-corrected chi connectivity index (χ2v) is 3.76. The molecule has 12 heavy (non-hydrogen) atoms. The van der Waals surface area contributed by atoms with Crippen LogP contribution < -0.4 is 0 Å². The van der Waals surface area contributed by atoms with Crippen LogP contribution in [0.3, 0.4) is 0 Å². The number of alkyl halides is 2. The van der Waals surface area contributed by atoms with E-state index in [2.05, 4.69) is 0 Å². The third-order valence-electron chi connectivity index (χ3n) is 3.24. The first-order valence-corrected chi connectivity index (χ1v) is 4.13. The fourth-order valence-electron chi connectivity index (χ4n) is 2.53. The van der Waals surface area contributed by atoms with E-state index in [1.54, 1.807) is 0 Å². The molecule has 4 heteroatoms. The summed E-state index contributed by atoms with van der Waals surface area (Å²) in [5.41, 5.74) is -1.15. The van der Waals surface area contributed by atoms with Crippen molar-refractivity contribution in [1.82, 2.24) is 0 Å². The summed E-state index contributed by atoms with van der Waals surface area (Å²) in [4.78, 5) is 10.5. The van der Waals surface area contributed by atoms with Gasteiger partial charge in [-0.15, -0.1) is 0 Å². The summed E-state index contributed by atoms with van der Waals surface area (Å²) < 4.78 is 26.1. The number of rotatable bonds is 1. The van der Waals surface area contributed by atoms with Crippen molar-refractivity contribution in [3.63, 3.8) is 0 Å². The molecule has 0 aliphatic heterocycles. The molecule has 0 amide bonds. The minimum Gasteiger partial charge on any atom is -0.481 e. The van der Waals surface area contributed by atoms with Gasteiger partial charge < -0.3 is 5.11 Å². The number of carbonyl (C=O) groups is 1. The van der Waals surface area contributed by atoms with Crippen LogP contribution >= 0.6 is 0 Å². The Hall–Kier alpha value is -0.670. The lowest BCUT2D eigenvalue weighted by atomic mass is 10.0. The summed E-state index contributed by atoms with van der Waals surface area (Å²) in [6.07, 6.45) is 2.27. The van der Waals surface area contributed by atoms with Crippen LogP contribution in [0.4, 0.5) is 8.78 Å². The zero-order valence-corrected chi connectivity index (χ0v) is 6.52. The summed E-state index contributed by atoms with van der Waals surface area (Å²) in [7, 11) is 0. The standard InChI is InChI=1S/C8H10F2O2/c9-8(10)5(6(11)12)7(8)3-1-2-4-7/h5H,1-4H2,(H,11,12). The molecular weight excluding hydrogens is 166 g/mol. The molecule has 2 fully saturated rings. The molecule has 0 bridgehead atoms. The largest absolute Gasteiger partial charge is 0.481 e. The highest BCUT2D eigenvalue weighted by Crippen LogP contribution is 2.73. The minimum atomic E-state index is -2.94. The Morgan fingerprint density at radius 2 is 1.83 bits per heavy atom. The fraction of sp³-hybridized carbons (Fsp3) is 0.875. The number of hydrogen-bond donors (Lipinski definition) is 1. The fourth-order valence-corrected chi connectivity index (χ4v) is 2.53. The average molecular weight is 176 g/mol. The lowest BCUT2D eigenvalue weighted by molar-refractivity contribution is -0.141. The Labute approximate surface area is 68.6 Å². The molecule has 0 saturated heterocycles. The SMILES string of the molecule is O=C(O)C1C(F)(F)C12CCCC2. The number of carboxylic acid groups (broad SMARTS) is 1. The van der Waals surface area contributed by atoms with E-state index in [0.717, 1.165) is 12.8 Å². The molecule has 1 N–H and O–H groups in total. The van der Waals surface area contributed by atoms with Crippen molar-refractivity contribution in [3.8, 4) is 0 Å². The second kappa shape index (κ2) is 1.98. The molecule has 2 rings (SSSR count). The number of halogens is 2.